The smallest absolute Gasteiger partial charge is 0.119 e. The highest BCUT2D eigenvalue weighted by Crippen LogP contribution is 2.15. The van der Waals surface area contributed by atoms with Crippen LogP contribution in [0, 0.1) is 0 Å². The molecule has 0 radical (unpaired) electrons. The third kappa shape index (κ3) is 4.36. The highest BCUT2D eigenvalue weighted by atomic mass is 16.5. The molecule has 1 aromatic rings. The number of rotatable bonds is 6. The predicted molar refractivity (Wildman–Crippen MR) is 70.2 cm³/mol. The first-order valence-electron chi connectivity index (χ1n) is 6.10. The number of benzene rings is 1. The largest absolute Gasteiger partial charge is 0.494 e. The molecule has 2 N–H and O–H groups in total. The zero-order valence-corrected chi connectivity index (χ0v) is 11.2. The summed E-state index contributed by atoms with van der Waals surface area (Å²) in [5, 5.41) is 12.9. The van der Waals surface area contributed by atoms with E-state index >= 15 is 0 Å². The van der Waals surface area contributed by atoms with Crippen molar-refractivity contribution in [2.75, 3.05) is 6.61 Å². The van der Waals surface area contributed by atoms with Crippen LogP contribution in [0.1, 0.15) is 33.3 Å². The number of ether oxygens (including phenoxy) is 1. The van der Waals surface area contributed by atoms with Gasteiger partial charge in [0, 0.05) is 12.1 Å². The quantitative estimate of drug-likeness (QED) is 0.798. The Hall–Kier alpha value is -1.06. The van der Waals surface area contributed by atoms with Crippen molar-refractivity contribution in [3.8, 4) is 5.75 Å². The van der Waals surface area contributed by atoms with Gasteiger partial charge >= 0.3 is 0 Å². The molecule has 0 fully saturated rings. The molecule has 0 aromatic heterocycles. The fourth-order valence-electron chi connectivity index (χ4n) is 1.39. The summed E-state index contributed by atoms with van der Waals surface area (Å²) < 4.78 is 5.45. The zero-order valence-electron chi connectivity index (χ0n) is 11.2. The summed E-state index contributed by atoms with van der Waals surface area (Å²) in [6.07, 6.45) is -0.391. The summed E-state index contributed by atoms with van der Waals surface area (Å²) in [6, 6.07) is 8.01. The fraction of sp³-hybridized carbons (Fsp3) is 0.571. The molecule has 0 saturated heterocycles. The van der Waals surface area contributed by atoms with E-state index in [4.69, 9.17) is 4.74 Å². The molecule has 0 aliphatic carbocycles. The van der Waals surface area contributed by atoms with E-state index in [1.54, 1.807) is 6.92 Å². The number of hydrogen-bond donors (Lipinski definition) is 2. The molecule has 0 saturated carbocycles. The average molecular weight is 237 g/mol. The van der Waals surface area contributed by atoms with Crippen molar-refractivity contribution < 1.29 is 9.84 Å². The monoisotopic (exact) mass is 237 g/mol. The first-order valence-corrected chi connectivity index (χ1v) is 6.10. The molecule has 17 heavy (non-hydrogen) atoms. The molecule has 3 heteroatoms. The second kappa shape index (κ2) is 6.03. The molecule has 0 bridgehead atoms. The lowest BCUT2D eigenvalue weighted by Crippen LogP contribution is -2.47. The molecule has 1 rings (SSSR count). The Morgan fingerprint density at radius 1 is 1.41 bits per heavy atom. The van der Waals surface area contributed by atoms with Gasteiger partial charge < -0.3 is 15.2 Å². The highest BCUT2D eigenvalue weighted by molar-refractivity contribution is 5.28. The van der Waals surface area contributed by atoms with E-state index in [1.165, 1.54) is 0 Å². The average Bonchev–Trinajstić information content (AvgIpc) is 2.27. The predicted octanol–water partition coefficient (Wildman–Crippen LogP) is 2.33. The van der Waals surface area contributed by atoms with Gasteiger partial charge in [-0.15, -0.1) is 0 Å². The Bertz CT molecular complexity index is 348. The standard InChI is InChI=1S/C14H23NO2/c1-5-17-13-8-6-7-12(9-13)10-15-14(3,4)11(2)16/h6-9,11,15-16H,5,10H2,1-4H3. The summed E-state index contributed by atoms with van der Waals surface area (Å²) in [7, 11) is 0. The Morgan fingerprint density at radius 3 is 2.71 bits per heavy atom. The van der Waals surface area contributed by atoms with Gasteiger partial charge in [-0.25, -0.2) is 0 Å². The van der Waals surface area contributed by atoms with Gasteiger partial charge in [-0.3, -0.25) is 0 Å². The van der Waals surface area contributed by atoms with Crippen molar-refractivity contribution in [2.24, 2.45) is 0 Å². The van der Waals surface area contributed by atoms with Crippen LogP contribution in [-0.4, -0.2) is 23.4 Å². The fourth-order valence-corrected chi connectivity index (χ4v) is 1.39. The second-order valence-electron chi connectivity index (χ2n) is 4.83. The summed E-state index contributed by atoms with van der Waals surface area (Å²) in [6.45, 7) is 9.15. The summed E-state index contributed by atoms with van der Waals surface area (Å²) in [4.78, 5) is 0. The Balaban J connectivity index is 2.60. The van der Waals surface area contributed by atoms with Crippen molar-refractivity contribution in [2.45, 2.75) is 45.9 Å². The van der Waals surface area contributed by atoms with Crippen molar-refractivity contribution in [1.29, 1.82) is 0 Å². The summed E-state index contributed by atoms with van der Waals surface area (Å²) in [5.74, 6) is 0.890. The Morgan fingerprint density at radius 2 is 2.12 bits per heavy atom. The lowest BCUT2D eigenvalue weighted by atomic mass is 9.98. The summed E-state index contributed by atoms with van der Waals surface area (Å²) >= 11 is 0. The van der Waals surface area contributed by atoms with Crippen molar-refractivity contribution in [3.05, 3.63) is 29.8 Å². The van der Waals surface area contributed by atoms with Crippen molar-refractivity contribution >= 4 is 0 Å². The number of aliphatic hydroxyl groups is 1. The van der Waals surface area contributed by atoms with E-state index in [9.17, 15) is 5.11 Å². The maximum atomic E-state index is 9.61. The lowest BCUT2D eigenvalue weighted by molar-refractivity contribution is 0.0956. The van der Waals surface area contributed by atoms with E-state index < -0.39 is 6.10 Å². The van der Waals surface area contributed by atoms with Crippen molar-refractivity contribution in [1.82, 2.24) is 5.32 Å². The van der Waals surface area contributed by atoms with E-state index in [0.29, 0.717) is 6.61 Å². The van der Waals surface area contributed by atoms with Gasteiger partial charge in [-0.05, 0) is 45.4 Å². The van der Waals surface area contributed by atoms with Crippen LogP contribution in [0.2, 0.25) is 0 Å². The lowest BCUT2D eigenvalue weighted by Gasteiger charge is -2.29. The molecule has 0 aliphatic rings. The van der Waals surface area contributed by atoms with E-state index in [2.05, 4.69) is 5.32 Å². The van der Waals surface area contributed by atoms with E-state index in [0.717, 1.165) is 17.9 Å². The molecule has 1 aromatic carbocycles. The summed E-state index contributed by atoms with van der Waals surface area (Å²) in [5.41, 5.74) is 0.867. The number of nitrogens with one attached hydrogen (secondary N) is 1. The second-order valence-corrected chi connectivity index (χ2v) is 4.83. The molecular formula is C14H23NO2. The van der Waals surface area contributed by atoms with Gasteiger partial charge in [0.1, 0.15) is 5.75 Å². The zero-order chi connectivity index (χ0) is 12.9. The van der Waals surface area contributed by atoms with Crippen LogP contribution in [0.15, 0.2) is 24.3 Å². The third-order valence-electron chi connectivity index (χ3n) is 3.00. The third-order valence-corrected chi connectivity index (χ3v) is 3.00. The molecule has 96 valence electrons. The number of aliphatic hydroxyl groups excluding tert-OH is 1. The Kier molecular flexibility index (Phi) is 4.97. The normalized spacial score (nSPS) is 13.5. The SMILES string of the molecule is CCOc1cccc(CNC(C)(C)C(C)O)c1. The first kappa shape index (κ1) is 14.0. The molecule has 1 unspecified atom stereocenters. The van der Waals surface area contributed by atoms with Crippen molar-refractivity contribution in [3.63, 3.8) is 0 Å². The van der Waals surface area contributed by atoms with Gasteiger partial charge in [0.2, 0.25) is 0 Å². The van der Waals surface area contributed by atoms with Crippen LogP contribution in [0.4, 0.5) is 0 Å². The highest BCUT2D eigenvalue weighted by Gasteiger charge is 2.22. The van der Waals surface area contributed by atoms with E-state index in [-0.39, 0.29) is 5.54 Å². The van der Waals surface area contributed by atoms with Crippen LogP contribution < -0.4 is 10.1 Å². The topological polar surface area (TPSA) is 41.5 Å². The Labute approximate surface area is 104 Å². The first-order chi connectivity index (χ1) is 7.95. The van der Waals surface area contributed by atoms with Crippen LogP contribution in [0.3, 0.4) is 0 Å². The minimum atomic E-state index is -0.391. The minimum absolute atomic E-state index is 0.290. The van der Waals surface area contributed by atoms with Crippen LogP contribution in [0.25, 0.3) is 0 Å². The van der Waals surface area contributed by atoms with Crippen LogP contribution >= 0.6 is 0 Å². The van der Waals surface area contributed by atoms with Gasteiger partial charge in [-0.2, -0.15) is 0 Å². The van der Waals surface area contributed by atoms with E-state index in [1.807, 2.05) is 45.0 Å². The molecular weight excluding hydrogens is 214 g/mol. The van der Waals surface area contributed by atoms with Gasteiger partial charge in [0.05, 0.1) is 12.7 Å². The molecule has 3 nitrogen and oxygen atoms in total. The van der Waals surface area contributed by atoms with Crippen LogP contribution in [0.5, 0.6) is 5.75 Å². The maximum absolute atomic E-state index is 9.61. The maximum Gasteiger partial charge on any atom is 0.119 e. The molecule has 0 spiro atoms. The number of hydrogen-bond acceptors (Lipinski definition) is 3. The molecule has 0 heterocycles. The van der Waals surface area contributed by atoms with Gasteiger partial charge in [0.15, 0.2) is 0 Å². The van der Waals surface area contributed by atoms with Gasteiger partial charge in [-0.1, -0.05) is 12.1 Å². The molecule has 0 amide bonds. The minimum Gasteiger partial charge on any atom is -0.494 e. The molecule has 1 atom stereocenters. The molecule has 0 aliphatic heterocycles. The van der Waals surface area contributed by atoms with Crippen LogP contribution in [-0.2, 0) is 6.54 Å². The van der Waals surface area contributed by atoms with Gasteiger partial charge in [0.25, 0.3) is 0 Å².